The Bertz CT molecular complexity index is 387. The van der Waals surface area contributed by atoms with Gasteiger partial charge in [-0.1, -0.05) is 84.3 Å². The van der Waals surface area contributed by atoms with Crippen LogP contribution in [0.1, 0.15) is 105 Å². The second kappa shape index (κ2) is 17.3. The number of ether oxygens (including phenoxy) is 1. The van der Waals surface area contributed by atoms with Gasteiger partial charge in [-0.3, -0.25) is 4.79 Å². The third-order valence-electron chi connectivity index (χ3n) is 5.34. The maximum Gasteiger partial charge on any atom is 0.306 e. The van der Waals surface area contributed by atoms with Crippen molar-refractivity contribution in [3.8, 4) is 0 Å². The zero-order chi connectivity index (χ0) is 20.5. The molecule has 3 nitrogen and oxygen atoms in total. The van der Waals surface area contributed by atoms with Gasteiger partial charge < -0.3 is 9.84 Å². The molecule has 3 heteroatoms. The maximum atomic E-state index is 11.4. The highest BCUT2D eigenvalue weighted by atomic mass is 16.5. The molecule has 27 heavy (non-hydrogen) atoms. The van der Waals surface area contributed by atoms with Crippen LogP contribution < -0.4 is 0 Å². The van der Waals surface area contributed by atoms with Crippen molar-refractivity contribution in [1.82, 2.24) is 0 Å². The number of aliphatic hydroxyl groups is 1. The summed E-state index contributed by atoms with van der Waals surface area (Å²) in [4.78, 5) is 11.4. The van der Waals surface area contributed by atoms with Gasteiger partial charge in [0, 0.05) is 6.42 Å². The summed E-state index contributed by atoms with van der Waals surface area (Å²) in [6.07, 6.45) is 15.2. The molecule has 2 atom stereocenters. The van der Waals surface area contributed by atoms with Crippen LogP contribution in [0.3, 0.4) is 0 Å². The highest BCUT2D eigenvalue weighted by Gasteiger charge is 2.07. The second-order valence-corrected chi connectivity index (χ2v) is 8.89. The molecule has 0 amide bonds. The van der Waals surface area contributed by atoms with Gasteiger partial charge in [-0.2, -0.15) is 0 Å². The first-order valence-corrected chi connectivity index (χ1v) is 11.3. The van der Waals surface area contributed by atoms with Crippen LogP contribution in [-0.4, -0.2) is 24.3 Å². The minimum Gasteiger partial charge on any atom is -0.463 e. The number of hydrogen-bond donors (Lipinski definition) is 1. The van der Waals surface area contributed by atoms with E-state index in [0.29, 0.717) is 6.42 Å². The van der Waals surface area contributed by atoms with Crippen molar-refractivity contribution in [1.29, 1.82) is 0 Å². The van der Waals surface area contributed by atoms with E-state index in [4.69, 9.17) is 9.84 Å². The van der Waals surface area contributed by atoms with Gasteiger partial charge in [0.1, 0.15) is 6.61 Å². The van der Waals surface area contributed by atoms with E-state index in [2.05, 4.69) is 40.7 Å². The van der Waals surface area contributed by atoms with Crippen LogP contribution in [0.5, 0.6) is 0 Å². The lowest BCUT2D eigenvalue weighted by atomic mass is 9.91. The molecule has 0 rings (SSSR count). The molecular weight excluding hydrogens is 336 g/mol. The molecule has 0 saturated carbocycles. The van der Waals surface area contributed by atoms with Gasteiger partial charge in [0.2, 0.25) is 0 Å². The summed E-state index contributed by atoms with van der Waals surface area (Å²) in [6, 6.07) is 0. The van der Waals surface area contributed by atoms with Gasteiger partial charge in [0.25, 0.3) is 0 Å². The van der Waals surface area contributed by atoms with Crippen molar-refractivity contribution in [2.75, 3.05) is 13.2 Å². The third-order valence-corrected chi connectivity index (χ3v) is 5.34. The standard InChI is InChI=1S/C24H46O3/c1-20(2)10-6-11-21(3)12-7-13-22(4)14-8-15-23(5)16-9-17-24(26)27-19-18-25/h16,20-22,25H,6-15,17-19H2,1-5H3. The molecular formula is C24H46O3. The number of carbonyl (C=O) groups is 1. The maximum absolute atomic E-state index is 11.4. The van der Waals surface area contributed by atoms with E-state index in [-0.39, 0.29) is 19.2 Å². The van der Waals surface area contributed by atoms with Crippen molar-refractivity contribution in [2.45, 2.75) is 105 Å². The van der Waals surface area contributed by atoms with Gasteiger partial charge in [-0.25, -0.2) is 0 Å². The molecule has 0 aliphatic carbocycles. The SMILES string of the molecule is CC(=CCCC(=O)OCCO)CCCC(C)CCCC(C)CCCC(C)C. The van der Waals surface area contributed by atoms with E-state index in [1.807, 2.05) is 0 Å². The Morgan fingerprint density at radius 2 is 1.44 bits per heavy atom. The second-order valence-electron chi connectivity index (χ2n) is 8.89. The van der Waals surface area contributed by atoms with Gasteiger partial charge in [-0.15, -0.1) is 0 Å². The summed E-state index contributed by atoms with van der Waals surface area (Å²) in [5, 5.41) is 8.61. The molecule has 160 valence electrons. The Morgan fingerprint density at radius 1 is 0.889 bits per heavy atom. The molecule has 0 radical (unpaired) electrons. The highest BCUT2D eigenvalue weighted by Crippen LogP contribution is 2.22. The average Bonchev–Trinajstić information content (AvgIpc) is 2.59. The van der Waals surface area contributed by atoms with Crippen LogP contribution in [-0.2, 0) is 9.53 Å². The number of esters is 1. The molecule has 2 unspecified atom stereocenters. The number of allylic oxidation sites excluding steroid dienone is 2. The van der Waals surface area contributed by atoms with Crippen molar-refractivity contribution >= 4 is 5.97 Å². The van der Waals surface area contributed by atoms with Gasteiger partial charge in [-0.05, 0) is 43.9 Å². The van der Waals surface area contributed by atoms with Crippen LogP contribution >= 0.6 is 0 Å². The van der Waals surface area contributed by atoms with E-state index in [1.165, 1.54) is 56.9 Å². The molecule has 0 heterocycles. The number of carbonyl (C=O) groups excluding carboxylic acids is 1. The summed E-state index contributed by atoms with van der Waals surface area (Å²) in [6.45, 7) is 11.6. The first-order valence-electron chi connectivity index (χ1n) is 11.3. The molecule has 0 aliphatic heterocycles. The minimum absolute atomic E-state index is 0.101. The fourth-order valence-corrected chi connectivity index (χ4v) is 3.48. The van der Waals surface area contributed by atoms with E-state index >= 15 is 0 Å². The number of hydrogen-bond acceptors (Lipinski definition) is 3. The molecule has 1 N–H and O–H groups in total. The Labute approximate surface area is 169 Å². The monoisotopic (exact) mass is 382 g/mol. The number of rotatable bonds is 17. The van der Waals surface area contributed by atoms with E-state index in [9.17, 15) is 4.79 Å². The van der Waals surface area contributed by atoms with Crippen LogP contribution in [0.15, 0.2) is 11.6 Å². The lowest BCUT2D eigenvalue weighted by molar-refractivity contribution is -0.144. The molecule has 0 spiro atoms. The topological polar surface area (TPSA) is 46.5 Å². The smallest absolute Gasteiger partial charge is 0.306 e. The Kier molecular flexibility index (Phi) is 16.7. The van der Waals surface area contributed by atoms with Gasteiger partial charge in [0.15, 0.2) is 0 Å². The van der Waals surface area contributed by atoms with Crippen molar-refractivity contribution < 1.29 is 14.6 Å². The van der Waals surface area contributed by atoms with Crippen molar-refractivity contribution in [3.05, 3.63) is 11.6 Å². The molecule has 0 bridgehead atoms. The lowest BCUT2D eigenvalue weighted by Crippen LogP contribution is -2.07. The Hall–Kier alpha value is -0.830. The fraction of sp³-hybridized carbons (Fsp3) is 0.875. The molecule has 0 aromatic rings. The van der Waals surface area contributed by atoms with E-state index < -0.39 is 0 Å². The van der Waals surface area contributed by atoms with Gasteiger partial charge in [0.05, 0.1) is 6.61 Å². The molecule has 0 fully saturated rings. The van der Waals surface area contributed by atoms with Crippen LogP contribution in [0.4, 0.5) is 0 Å². The normalized spacial score (nSPS) is 14.4. The Morgan fingerprint density at radius 3 is 2.00 bits per heavy atom. The van der Waals surface area contributed by atoms with Crippen LogP contribution in [0.25, 0.3) is 0 Å². The summed E-state index contributed by atoms with van der Waals surface area (Å²) in [5.41, 5.74) is 1.37. The average molecular weight is 383 g/mol. The summed E-state index contributed by atoms with van der Waals surface area (Å²) in [7, 11) is 0. The van der Waals surface area contributed by atoms with Crippen molar-refractivity contribution in [3.63, 3.8) is 0 Å². The quantitative estimate of drug-likeness (QED) is 0.225. The summed E-state index contributed by atoms with van der Waals surface area (Å²) in [5.74, 6) is 2.31. The predicted octanol–water partition coefficient (Wildman–Crippen LogP) is 6.69. The molecule has 0 aliphatic rings. The van der Waals surface area contributed by atoms with Crippen LogP contribution in [0, 0.1) is 17.8 Å². The number of aliphatic hydroxyl groups excluding tert-OH is 1. The fourth-order valence-electron chi connectivity index (χ4n) is 3.48. The van der Waals surface area contributed by atoms with Crippen LogP contribution in [0.2, 0.25) is 0 Å². The zero-order valence-corrected chi connectivity index (χ0v) is 18.8. The summed E-state index contributed by atoms with van der Waals surface area (Å²) < 4.78 is 4.85. The first-order chi connectivity index (χ1) is 12.8. The van der Waals surface area contributed by atoms with E-state index in [1.54, 1.807) is 0 Å². The van der Waals surface area contributed by atoms with Crippen molar-refractivity contribution in [2.24, 2.45) is 17.8 Å². The molecule has 0 saturated heterocycles. The highest BCUT2D eigenvalue weighted by molar-refractivity contribution is 5.69. The zero-order valence-electron chi connectivity index (χ0n) is 18.8. The Balaban J connectivity index is 3.67. The minimum atomic E-state index is -0.222. The van der Waals surface area contributed by atoms with Gasteiger partial charge >= 0.3 is 5.97 Å². The lowest BCUT2D eigenvalue weighted by Gasteiger charge is -2.15. The summed E-state index contributed by atoms with van der Waals surface area (Å²) >= 11 is 0. The molecule has 0 aromatic heterocycles. The molecule has 0 aromatic carbocycles. The largest absolute Gasteiger partial charge is 0.463 e. The first kappa shape index (κ1) is 26.2. The predicted molar refractivity (Wildman–Crippen MR) is 116 cm³/mol. The van der Waals surface area contributed by atoms with E-state index in [0.717, 1.165) is 30.6 Å². The third kappa shape index (κ3) is 18.3.